The molecule has 0 saturated carbocycles. The first-order valence-electron chi connectivity index (χ1n) is 5.91. The van der Waals surface area contributed by atoms with E-state index in [4.69, 9.17) is 4.42 Å². The zero-order valence-electron chi connectivity index (χ0n) is 10.3. The summed E-state index contributed by atoms with van der Waals surface area (Å²) in [6, 6.07) is 8.67. The van der Waals surface area contributed by atoms with Gasteiger partial charge in [-0.25, -0.2) is 0 Å². The molecule has 5 heteroatoms. The van der Waals surface area contributed by atoms with Gasteiger partial charge in [0.2, 0.25) is 0 Å². The summed E-state index contributed by atoms with van der Waals surface area (Å²) in [6.45, 7) is 0.155. The minimum Gasteiger partial charge on any atom is -0.467 e. The maximum atomic E-state index is 12.3. The van der Waals surface area contributed by atoms with Gasteiger partial charge in [0.1, 0.15) is 5.76 Å². The SMILES string of the molecule is CNc1cccc2c1C(=O)N(Cc1ccco1)C2=O. The summed E-state index contributed by atoms with van der Waals surface area (Å²) >= 11 is 0. The summed E-state index contributed by atoms with van der Waals surface area (Å²) in [4.78, 5) is 25.8. The molecule has 1 aromatic heterocycles. The van der Waals surface area contributed by atoms with Crippen LogP contribution in [0.25, 0.3) is 0 Å². The zero-order valence-corrected chi connectivity index (χ0v) is 10.3. The fourth-order valence-electron chi connectivity index (χ4n) is 2.24. The number of furan rings is 1. The molecule has 1 N–H and O–H groups in total. The van der Waals surface area contributed by atoms with Gasteiger partial charge < -0.3 is 9.73 Å². The number of nitrogens with one attached hydrogen (secondary N) is 1. The summed E-state index contributed by atoms with van der Waals surface area (Å²) in [5, 5.41) is 2.93. The molecule has 1 aromatic carbocycles. The van der Waals surface area contributed by atoms with Crippen LogP contribution in [0, 0.1) is 0 Å². The van der Waals surface area contributed by atoms with Crippen molar-refractivity contribution in [3.63, 3.8) is 0 Å². The van der Waals surface area contributed by atoms with E-state index < -0.39 is 0 Å². The Labute approximate surface area is 109 Å². The van der Waals surface area contributed by atoms with Crippen molar-refractivity contribution in [1.82, 2.24) is 4.90 Å². The van der Waals surface area contributed by atoms with Gasteiger partial charge in [-0.05, 0) is 24.3 Å². The van der Waals surface area contributed by atoms with Gasteiger partial charge in [-0.2, -0.15) is 0 Å². The highest BCUT2D eigenvalue weighted by molar-refractivity contribution is 6.23. The van der Waals surface area contributed by atoms with Gasteiger partial charge in [0.15, 0.2) is 0 Å². The Bertz CT molecular complexity index is 647. The predicted octanol–water partition coefficient (Wildman–Crippen LogP) is 2.12. The minimum absolute atomic E-state index is 0.155. The van der Waals surface area contributed by atoms with E-state index in [0.717, 1.165) is 0 Å². The maximum Gasteiger partial charge on any atom is 0.264 e. The summed E-state index contributed by atoms with van der Waals surface area (Å²) < 4.78 is 5.19. The van der Waals surface area contributed by atoms with E-state index in [-0.39, 0.29) is 18.4 Å². The van der Waals surface area contributed by atoms with Crippen LogP contribution in [-0.4, -0.2) is 23.8 Å². The molecule has 19 heavy (non-hydrogen) atoms. The second-order valence-corrected chi connectivity index (χ2v) is 4.25. The average Bonchev–Trinajstić information content (AvgIpc) is 3.02. The molecule has 2 aromatic rings. The number of benzene rings is 1. The number of imide groups is 1. The van der Waals surface area contributed by atoms with E-state index in [0.29, 0.717) is 22.6 Å². The van der Waals surface area contributed by atoms with Gasteiger partial charge in [-0.15, -0.1) is 0 Å². The molecule has 1 aliphatic rings. The van der Waals surface area contributed by atoms with Gasteiger partial charge in [0.25, 0.3) is 11.8 Å². The first kappa shape index (κ1) is 11.5. The number of carbonyl (C=O) groups excluding carboxylic acids is 2. The van der Waals surface area contributed by atoms with E-state index in [2.05, 4.69) is 5.32 Å². The van der Waals surface area contributed by atoms with Crippen molar-refractivity contribution in [2.45, 2.75) is 6.54 Å². The molecular formula is C14H12N2O3. The molecule has 2 amide bonds. The molecule has 1 aliphatic heterocycles. The zero-order chi connectivity index (χ0) is 13.4. The number of fused-ring (bicyclic) bond motifs is 1. The van der Waals surface area contributed by atoms with Crippen LogP contribution in [0.4, 0.5) is 5.69 Å². The third-order valence-corrected chi connectivity index (χ3v) is 3.16. The van der Waals surface area contributed by atoms with Crippen molar-refractivity contribution in [2.75, 3.05) is 12.4 Å². The Morgan fingerprint density at radius 1 is 1.16 bits per heavy atom. The van der Waals surface area contributed by atoms with Gasteiger partial charge in [0.05, 0.1) is 23.9 Å². The molecular weight excluding hydrogens is 244 g/mol. The van der Waals surface area contributed by atoms with Crippen molar-refractivity contribution in [3.05, 3.63) is 53.5 Å². The lowest BCUT2D eigenvalue weighted by atomic mass is 10.1. The summed E-state index contributed by atoms with van der Waals surface area (Å²) in [6.07, 6.45) is 1.52. The minimum atomic E-state index is -0.290. The van der Waals surface area contributed by atoms with E-state index in [1.807, 2.05) is 0 Å². The third kappa shape index (κ3) is 1.71. The van der Waals surface area contributed by atoms with Gasteiger partial charge >= 0.3 is 0 Å². The number of hydrogen-bond acceptors (Lipinski definition) is 4. The maximum absolute atomic E-state index is 12.3. The van der Waals surface area contributed by atoms with Crippen LogP contribution in [0.3, 0.4) is 0 Å². The standard InChI is InChI=1S/C14H12N2O3/c1-15-11-6-2-5-10-12(11)14(18)16(13(10)17)8-9-4-3-7-19-9/h2-7,15H,8H2,1H3. The van der Waals surface area contributed by atoms with Gasteiger partial charge in [0, 0.05) is 12.7 Å². The molecule has 3 rings (SSSR count). The van der Waals surface area contributed by atoms with E-state index in [9.17, 15) is 9.59 Å². The predicted molar refractivity (Wildman–Crippen MR) is 68.9 cm³/mol. The summed E-state index contributed by atoms with van der Waals surface area (Å²) in [5.41, 5.74) is 1.53. The molecule has 0 spiro atoms. The molecule has 0 unspecified atom stereocenters. The van der Waals surface area contributed by atoms with Gasteiger partial charge in [-0.3, -0.25) is 14.5 Å². The Morgan fingerprint density at radius 3 is 2.68 bits per heavy atom. The topological polar surface area (TPSA) is 62.6 Å². The largest absolute Gasteiger partial charge is 0.467 e. The average molecular weight is 256 g/mol. The monoisotopic (exact) mass is 256 g/mol. The second-order valence-electron chi connectivity index (χ2n) is 4.25. The van der Waals surface area contributed by atoms with Crippen molar-refractivity contribution in [3.8, 4) is 0 Å². The van der Waals surface area contributed by atoms with Crippen LogP contribution in [0.15, 0.2) is 41.0 Å². The molecule has 0 fully saturated rings. The molecule has 0 saturated heterocycles. The summed E-state index contributed by atoms with van der Waals surface area (Å²) in [7, 11) is 1.72. The lowest BCUT2D eigenvalue weighted by molar-refractivity contribution is 0.0632. The highest BCUT2D eigenvalue weighted by Gasteiger charge is 2.37. The van der Waals surface area contributed by atoms with Crippen molar-refractivity contribution in [1.29, 1.82) is 0 Å². The van der Waals surface area contributed by atoms with Crippen LogP contribution < -0.4 is 5.32 Å². The van der Waals surface area contributed by atoms with Crippen LogP contribution in [0.1, 0.15) is 26.5 Å². The molecule has 0 aliphatic carbocycles. The molecule has 96 valence electrons. The Hall–Kier alpha value is -2.56. The van der Waals surface area contributed by atoms with Crippen LogP contribution in [-0.2, 0) is 6.54 Å². The van der Waals surface area contributed by atoms with E-state index in [1.165, 1.54) is 11.2 Å². The first-order chi connectivity index (χ1) is 9.22. The number of carbonyl (C=O) groups is 2. The number of rotatable bonds is 3. The van der Waals surface area contributed by atoms with E-state index >= 15 is 0 Å². The smallest absolute Gasteiger partial charge is 0.264 e. The molecule has 5 nitrogen and oxygen atoms in total. The van der Waals surface area contributed by atoms with Crippen molar-refractivity contribution in [2.24, 2.45) is 0 Å². The number of amides is 2. The molecule has 0 atom stereocenters. The number of hydrogen-bond donors (Lipinski definition) is 1. The summed E-state index contributed by atoms with van der Waals surface area (Å²) in [5.74, 6) is 0.00960. The van der Waals surface area contributed by atoms with Crippen LogP contribution in [0.2, 0.25) is 0 Å². The van der Waals surface area contributed by atoms with E-state index in [1.54, 1.807) is 37.4 Å². The second kappa shape index (κ2) is 4.28. The molecule has 0 bridgehead atoms. The fraction of sp³-hybridized carbons (Fsp3) is 0.143. The van der Waals surface area contributed by atoms with Crippen molar-refractivity contribution < 1.29 is 14.0 Å². The number of anilines is 1. The Morgan fingerprint density at radius 2 is 2.00 bits per heavy atom. The fourth-order valence-corrected chi connectivity index (χ4v) is 2.24. The highest BCUT2D eigenvalue weighted by Crippen LogP contribution is 2.30. The van der Waals surface area contributed by atoms with Crippen LogP contribution >= 0.6 is 0 Å². The quantitative estimate of drug-likeness (QED) is 0.854. The van der Waals surface area contributed by atoms with Crippen LogP contribution in [0.5, 0.6) is 0 Å². The van der Waals surface area contributed by atoms with Gasteiger partial charge in [-0.1, -0.05) is 6.07 Å². The Kier molecular flexibility index (Phi) is 2.59. The Balaban J connectivity index is 2.00. The molecule has 0 radical (unpaired) electrons. The lowest BCUT2D eigenvalue weighted by Crippen LogP contribution is -2.29. The normalized spacial score (nSPS) is 13.8. The molecule has 2 heterocycles. The number of nitrogens with zero attached hydrogens (tertiary/aromatic N) is 1. The lowest BCUT2D eigenvalue weighted by Gasteiger charge is -2.11. The third-order valence-electron chi connectivity index (χ3n) is 3.16. The van der Waals surface area contributed by atoms with Crippen molar-refractivity contribution >= 4 is 17.5 Å². The first-order valence-corrected chi connectivity index (χ1v) is 5.91. The highest BCUT2D eigenvalue weighted by atomic mass is 16.3.